The molecular formula is C16H21N3O2. The van der Waals surface area contributed by atoms with E-state index in [2.05, 4.69) is 10.3 Å². The van der Waals surface area contributed by atoms with E-state index in [1.807, 2.05) is 45.2 Å². The van der Waals surface area contributed by atoms with Crippen LogP contribution < -0.4 is 15.6 Å². The van der Waals surface area contributed by atoms with Gasteiger partial charge in [-0.05, 0) is 38.6 Å². The van der Waals surface area contributed by atoms with Crippen molar-refractivity contribution in [2.75, 3.05) is 13.7 Å². The van der Waals surface area contributed by atoms with Gasteiger partial charge in [0.15, 0.2) is 0 Å². The molecular weight excluding hydrogens is 266 g/mol. The number of rotatable bonds is 6. The maximum atomic E-state index is 11.9. The maximum Gasteiger partial charge on any atom is 0.253 e. The zero-order valence-corrected chi connectivity index (χ0v) is 12.7. The number of nitrogens with zero attached hydrogens (tertiary/aromatic N) is 2. The molecule has 0 saturated heterocycles. The molecule has 0 fully saturated rings. The lowest BCUT2D eigenvalue weighted by Gasteiger charge is -2.18. The van der Waals surface area contributed by atoms with E-state index in [-0.39, 0.29) is 11.6 Å². The highest BCUT2D eigenvalue weighted by Gasteiger charge is 2.11. The van der Waals surface area contributed by atoms with E-state index in [1.54, 1.807) is 17.0 Å². The molecule has 5 nitrogen and oxygen atoms in total. The molecule has 1 unspecified atom stereocenters. The molecule has 1 heterocycles. The molecule has 0 aliphatic carbocycles. The van der Waals surface area contributed by atoms with Crippen molar-refractivity contribution in [2.24, 2.45) is 0 Å². The minimum absolute atomic E-state index is 0.0336. The average molecular weight is 287 g/mol. The predicted molar refractivity (Wildman–Crippen MR) is 82.6 cm³/mol. The van der Waals surface area contributed by atoms with Gasteiger partial charge in [-0.1, -0.05) is 12.1 Å². The normalized spacial score (nSPS) is 12.1. The molecule has 0 saturated carbocycles. The first-order valence-electron chi connectivity index (χ1n) is 7.07. The Labute approximate surface area is 124 Å². The van der Waals surface area contributed by atoms with Gasteiger partial charge in [0.25, 0.3) is 5.56 Å². The summed E-state index contributed by atoms with van der Waals surface area (Å²) in [5.41, 5.74) is 1.81. The van der Waals surface area contributed by atoms with Crippen LogP contribution in [0.5, 0.6) is 5.75 Å². The van der Waals surface area contributed by atoms with Crippen LogP contribution in [0.2, 0.25) is 0 Å². The quantitative estimate of drug-likeness (QED) is 0.882. The van der Waals surface area contributed by atoms with Crippen molar-refractivity contribution in [3.05, 3.63) is 58.3 Å². The van der Waals surface area contributed by atoms with E-state index in [0.717, 1.165) is 17.0 Å². The van der Waals surface area contributed by atoms with Gasteiger partial charge in [-0.2, -0.15) is 0 Å². The van der Waals surface area contributed by atoms with E-state index >= 15 is 0 Å². The minimum atomic E-state index is -0.0336. The van der Waals surface area contributed by atoms with Crippen LogP contribution in [0.25, 0.3) is 0 Å². The Bertz CT molecular complexity index is 635. The summed E-state index contributed by atoms with van der Waals surface area (Å²) < 4.78 is 7.05. The molecule has 1 atom stereocenters. The fraction of sp³-hybridized carbons (Fsp3) is 0.375. The molecule has 112 valence electrons. The van der Waals surface area contributed by atoms with Crippen molar-refractivity contribution in [3.8, 4) is 5.75 Å². The van der Waals surface area contributed by atoms with Gasteiger partial charge in [-0.25, -0.2) is 4.98 Å². The van der Waals surface area contributed by atoms with Crippen LogP contribution in [0.15, 0.2) is 41.5 Å². The van der Waals surface area contributed by atoms with Crippen molar-refractivity contribution in [2.45, 2.75) is 26.4 Å². The highest BCUT2D eigenvalue weighted by Crippen LogP contribution is 2.18. The first-order valence-corrected chi connectivity index (χ1v) is 7.07. The topological polar surface area (TPSA) is 56.2 Å². The fourth-order valence-electron chi connectivity index (χ4n) is 2.18. The van der Waals surface area contributed by atoms with E-state index in [1.165, 1.54) is 0 Å². The van der Waals surface area contributed by atoms with E-state index < -0.39 is 0 Å². The van der Waals surface area contributed by atoms with E-state index in [0.29, 0.717) is 13.2 Å². The summed E-state index contributed by atoms with van der Waals surface area (Å²) in [6.07, 6.45) is 1.59. The molecule has 0 aliphatic rings. The van der Waals surface area contributed by atoms with Crippen LogP contribution >= 0.6 is 0 Å². The number of ether oxygens (including phenoxy) is 1. The van der Waals surface area contributed by atoms with Crippen LogP contribution in [0, 0.1) is 6.92 Å². The Balaban J connectivity index is 2.17. The largest absolute Gasteiger partial charge is 0.494 e. The molecule has 1 aromatic carbocycles. The minimum Gasteiger partial charge on any atom is -0.494 e. The van der Waals surface area contributed by atoms with Gasteiger partial charge in [-0.15, -0.1) is 0 Å². The first-order chi connectivity index (χ1) is 10.1. The van der Waals surface area contributed by atoms with Crippen molar-refractivity contribution < 1.29 is 4.74 Å². The van der Waals surface area contributed by atoms with Gasteiger partial charge >= 0.3 is 0 Å². The second kappa shape index (κ2) is 7.04. The SMILES string of the molecule is CCOc1ccc(C(Cn2cnc(C)cc2=O)NC)cc1. The van der Waals surface area contributed by atoms with E-state index in [4.69, 9.17) is 4.74 Å². The number of nitrogens with one attached hydrogen (secondary N) is 1. The van der Waals surface area contributed by atoms with Crippen molar-refractivity contribution >= 4 is 0 Å². The Hall–Kier alpha value is -2.14. The predicted octanol–water partition coefficient (Wildman–Crippen LogP) is 1.91. The lowest BCUT2D eigenvalue weighted by Crippen LogP contribution is -2.28. The van der Waals surface area contributed by atoms with Gasteiger partial charge < -0.3 is 10.1 Å². The van der Waals surface area contributed by atoms with Gasteiger partial charge in [0.2, 0.25) is 0 Å². The molecule has 1 aromatic heterocycles. The van der Waals surface area contributed by atoms with Crippen LogP contribution in [0.3, 0.4) is 0 Å². The Morgan fingerprint density at radius 1 is 1.33 bits per heavy atom. The third kappa shape index (κ3) is 3.92. The Morgan fingerprint density at radius 3 is 2.62 bits per heavy atom. The molecule has 0 aliphatic heterocycles. The third-order valence-corrected chi connectivity index (χ3v) is 3.34. The zero-order chi connectivity index (χ0) is 15.2. The smallest absolute Gasteiger partial charge is 0.253 e. The van der Waals surface area contributed by atoms with E-state index in [9.17, 15) is 4.79 Å². The maximum absolute atomic E-state index is 11.9. The van der Waals surface area contributed by atoms with Gasteiger partial charge in [-0.3, -0.25) is 9.36 Å². The number of benzene rings is 1. The van der Waals surface area contributed by atoms with Crippen molar-refractivity contribution in [3.63, 3.8) is 0 Å². The summed E-state index contributed by atoms with van der Waals surface area (Å²) in [7, 11) is 1.88. The molecule has 2 rings (SSSR count). The van der Waals surface area contributed by atoms with Crippen molar-refractivity contribution in [1.29, 1.82) is 0 Å². The highest BCUT2D eigenvalue weighted by molar-refractivity contribution is 5.29. The molecule has 0 spiro atoms. The molecule has 2 aromatic rings. The van der Waals surface area contributed by atoms with Gasteiger partial charge in [0.1, 0.15) is 5.75 Å². The summed E-state index contributed by atoms with van der Waals surface area (Å²) in [4.78, 5) is 16.1. The number of likely N-dealkylation sites (N-methyl/N-ethyl adjacent to an activating group) is 1. The number of aromatic nitrogens is 2. The van der Waals surface area contributed by atoms with Crippen LogP contribution in [-0.2, 0) is 6.54 Å². The number of aryl methyl sites for hydroxylation is 1. The summed E-state index contributed by atoms with van der Waals surface area (Å²) in [6.45, 7) is 4.96. The number of hydrogen-bond donors (Lipinski definition) is 1. The lowest BCUT2D eigenvalue weighted by molar-refractivity contribution is 0.340. The molecule has 1 N–H and O–H groups in total. The average Bonchev–Trinajstić information content (AvgIpc) is 2.48. The second-order valence-corrected chi connectivity index (χ2v) is 4.86. The molecule has 5 heteroatoms. The Kier molecular flexibility index (Phi) is 5.11. The van der Waals surface area contributed by atoms with Gasteiger partial charge in [0.05, 0.1) is 19.0 Å². The van der Waals surface area contributed by atoms with Crippen LogP contribution in [-0.4, -0.2) is 23.2 Å². The number of hydrogen-bond acceptors (Lipinski definition) is 4. The standard InChI is InChI=1S/C16H21N3O2/c1-4-21-14-7-5-13(6-8-14)15(17-3)10-19-11-18-12(2)9-16(19)20/h5-9,11,15,17H,4,10H2,1-3H3. The van der Waals surface area contributed by atoms with Crippen LogP contribution in [0.4, 0.5) is 0 Å². The third-order valence-electron chi connectivity index (χ3n) is 3.34. The highest BCUT2D eigenvalue weighted by atomic mass is 16.5. The Morgan fingerprint density at radius 2 is 2.05 bits per heavy atom. The zero-order valence-electron chi connectivity index (χ0n) is 12.7. The van der Waals surface area contributed by atoms with Gasteiger partial charge in [0, 0.05) is 18.3 Å². The molecule has 0 amide bonds. The lowest BCUT2D eigenvalue weighted by atomic mass is 10.1. The van der Waals surface area contributed by atoms with Crippen molar-refractivity contribution in [1.82, 2.24) is 14.9 Å². The fourth-order valence-corrected chi connectivity index (χ4v) is 2.18. The molecule has 21 heavy (non-hydrogen) atoms. The van der Waals surface area contributed by atoms with Crippen LogP contribution in [0.1, 0.15) is 24.2 Å². The summed E-state index contributed by atoms with van der Waals surface area (Å²) in [6, 6.07) is 9.50. The molecule has 0 radical (unpaired) electrons. The summed E-state index contributed by atoms with van der Waals surface area (Å²) in [5.74, 6) is 0.852. The summed E-state index contributed by atoms with van der Waals surface area (Å²) >= 11 is 0. The molecule has 0 bridgehead atoms. The second-order valence-electron chi connectivity index (χ2n) is 4.86. The monoisotopic (exact) mass is 287 g/mol. The first kappa shape index (κ1) is 15.3. The summed E-state index contributed by atoms with van der Waals surface area (Å²) in [5, 5.41) is 3.23.